The molecule has 0 aliphatic rings. The average molecular weight is 292 g/mol. The van der Waals surface area contributed by atoms with Gasteiger partial charge in [0.1, 0.15) is 0 Å². The first-order valence-corrected chi connectivity index (χ1v) is 7.70. The minimum atomic E-state index is 0.0588. The molecule has 0 radical (unpaired) electrons. The fraction of sp³-hybridized carbons (Fsp3) is 0.500. The number of unbranched alkanes of at least 4 members (excludes halogenated alkanes) is 4. The number of thiocarbonyl (C=S) groups is 1. The Hall–Kier alpha value is -1.42. The summed E-state index contributed by atoms with van der Waals surface area (Å²) in [6.07, 6.45) is 6.23. The maximum atomic E-state index is 11.3. The largest absolute Gasteiger partial charge is 0.362 e. The van der Waals surface area contributed by atoms with Gasteiger partial charge < -0.3 is 10.6 Å². The predicted molar refractivity (Wildman–Crippen MR) is 89.4 cm³/mol. The average Bonchev–Trinajstić information content (AvgIpc) is 2.43. The molecule has 20 heavy (non-hydrogen) atoms. The normalized spacial score (nSPS) is 10.1. The number of nitrogens with one attached hydrogen (secondary N) is 2. The molecule has 0 unspecified atom stereocenters. The summed E-state index contributed by atoms with van der Waals surface area (Å²) in [5.41, 5.74) is 1.54. The fourth-order valence-electron chi connectivity index (χ4n) is 1.92. The summed E-state index contributed by atoms with van der Waals surface area (Å²) >= 11 is 5.24. The lowest BCUT2D eigenvalue weighted by Crippen LogP contribution is -2.29. The van der Waals surface area contributed by atoms with Crippen molar-refractivity contribution in [2.45, 2.75) is 46.0 Å². The van der Waals surface area contributed by atoms with Gasteiger partial charge in [-0.3, -0.25) is 4.79 Å². The molecule has 0 atom stereocenters. The van der Waals surface area contributed by atoms with Gasteiger partial charge in [-0.1, -0.05) is 44.7 Å². The van der Waals surface area contributed by atoms with Gasteiger partial charge in [-0.2, -0.15) is 0 Å². The predicted octanol–water partition coefficient (Wildman–Crippen LogP) is 4.15. The molecule has 1 aromatic rings. The molecule has 0 fully saturated rings. The van der Waals surface area contributed by atoms with Crippen LogP contribution in [0.15, 0.2) is 24.3 Å². The molecule has 0 saturated carbocycles. The molecule has 110 valence electrons. The van der Waals surface area contributed by atoms with Crippen LogP contribution in [0, 0.1) is 0 Å². The molecule has 2 N–H and O–H groups in total. The van der Waals surface area contributed by atoms with Crippen LogP contribution in [0.2, 0.25) is 0 Å². The van der Waals surface area contributed by atoms with Gasteiger partial charge in [-0.05, 0) is 37.7 Å². The zero-order valence-corrected chi connectivity index (χ0v) is 13.2. The van der Waals surface area contributed by atoms with E-state index in [1.54, 1.807) is 13.0 Å². The van der Waals surface area contributed by atoms with Crippen molar-refractivity contribution in [3.05, 3.63) is 29.8 Å². The van der Waals surface area contributed by atoms with Crippen molar-refractivity contribution < 1.29 is 4.79 Å². The van der Waals surface area contributed by atoms with Crippen LogP contribution >= 0.6 is 12.2 Å². The van der Waals surface area contributed by atoms with Gasteiger partial charge in [-0.15, -0.1) is 0 Å². The first kappa shape index (κ1) is 16.6. The smallest absolute Gasteiger partial charge is 0.170 e. The number of carbonyl (C=O) groups is 1. The SMILES string of the molecule is CCCCCCCNC(=S)Nc1cccc(C(C)=O)c1. The van der Waals surface area contributed by atoms with Crippen molar-refractivity contribution in [1.29, 1.82) is 0 Å². The third kappa shape index (κ3) is 6.66. The van der Waals surface area contributed by atoms with Gasteiger partial charge in [-0.25, -0.2) is 0 Å². The summed E-state index contributed by atoms with van der Waals surface area (Å²) < 4.78 is 0. The Morgan fingerprint density at radius 3 is 2.65 bits per heavy atom. The van der Waals surface area contributed by atoms with Crippen molar-refractivity contribution in [1.82, 2.24) is 5.32 Å². The van der Waals surface area contributed by atoms with E-state index < -0.39 is 0 Å². The third-order valence-corrected chi connectivity index (χ3v) is 3.34. The van der Waals surface area contributed by atoms with Crippen molar-refractivity contribution in [3.63, 3.8) is 0 Å². The van der Waals surface area contributed by atoms with E-state index in [1.165, 1.54) is 25.7 Å². The van der Waals surface area contributed by atoms with Crippen molar-refractivity contribution in [2.24, 2.45) is 0 Å². The first-order valence-electron chi connectivity index (χ1n) is 7.29. The summed E-state index contributed by atoms with van der Waals surface area (Å²) in [5, 5.41) is 6.91. The Balaban J connectivity index is 2.28. The molecule has 0 amide bonds. The molecule has 3 nitrogen and oxygen atoms in total. The number of Topliss-reactive ketones (excluding diaryl/α,β-unsaturated/α-hetero) is 1. The van der Waals surface area contributed by atoms with Crippen LogP contribution in [-0.4, -0.2) is 17.4 Å². The second kappa shape index (κ2) is 9.48. The van der Waals surface area contributed by atoms with E-state index in [4.69, 9.17) is 12.2 Å². The van der Waals surface area contributed by atoms with Crippen LogP contribution in [0.4, 0.5) is 5.69 Å². The molecule has 0 heterocycles. The van der Waals surface area contributed by atoms with Gasteiger partial charge in [0, 0.05) is 17.8 Å². The summed E-state index contributed by atoms with van der Waals surface area (Å²) in [7, 11) is 0. The maximum absolute atomic E-state index is 11.3. The van der Waals surface area contributed by atoms with Crippen LogP contribution in [0.25, 0.3) is 0 Å². The van der Waals surface area contributed by atoms with Gasteiger partial charge >= 0.3 is 0 Å². The van der Waals surface area contributed by atoms with Gasteiger partial charge in [0.25, 0.3) is 0 Å². The highest BCUT2D eigenvalue weighted by atomic mass is 32.1. The van der Waals surface area contributed by atoms with Crippen LogP contribution in [0.3, 0.4) is 0 Å². The Labute approximate surface area is 127 Å². The Morgan fingerprint density at radius 2 is 1.95 bits per heavy atom. The molecule has 0 bridgehead atoms. The zero-order valence-electron chi connectivity index (χ0n) is 12.4. The highest BCUT2D eigenvalue weighted by Gasteiger charge is 2.01. The van der Waals surface area contributed by atoms with Crippen molar-refractivity contribution in [2.75, 3.05) is 11.9 Å². The lowest BCUT2D eigenvalue weighted by atomic mass is 10.1. The monoisotopic (exact) mass is 292 g/mol. The number of hydrogen-bond donors (Lipinski definition) is 2. The third-order valence-electron chi connectivity index (χ3n) is 3.09. The number of rotatable bonds is 8. The first-order chi connectivity index (χ1) is 9.63. The van der Waals surface area contributed by atoms with E-state index >= 15 is 0 Å². The van der Waals surface area contributed by atoms with Crippen LogP contribution in [0.5, 0.6) is 0 Å². The minimum Gasteiger partial charge on any atom is -0.362 e. The number of ketones is 1. The highest BCUT2D eigenvalue weighted by Crippen LogP contribution is 2.11. The molecule has 1 aromatic carbocycles. The Bertz CT molecular complexity index is 446. The van der Waals surface area contributed by atoms with Crippen molar-refractivity contribution in [3.8, 4) is 0 Å². The zero-order chi connectivity index (χ0) is 14.8. The van der Waals surface area contributed by atoms with E-state index in [0.29, 0.717) is 10.7 Å². The molecule has 0 spiro atoms. The number of carbonyl (C=O) groups excluding carboxylic acids is 1. The summed E-state index contributed by atoms with van der Waals surface area (Å²) in [4.78, 5) is 11.3. The van der Waals surface area contributed by atoms with E-state index in [-0.39, 0.29) is 5.78 Å². The summed E-state index contributed by atoms with van der Waals surface area (Å²) in [6.45, 7) is 4.67. The van der Waals surface area contributed by atoms with Gasteiger partial charge in [0.2, 0.25) is 0 Å². The van der Waals surface area contributed by atoms with Gasteiger partial charge in [0.05, 0.1) is 0 Å². The van der Waals surface area contributed by atoms with Crippen LogP contribution in [-0.2, 0) is 0 Å². The van der Waals surface area contributed by atoms with E-state index in [0.717, 1.165) is 18.7 Å². The van der Waals surface area contributed by atoms with E-state index in [2.05, 4.69) is 17.6 Å². The molecule has 1 rings (SSSR count). The lowest BCUT2D eigenvalue weighted by molar-refractivity contribution is 0.101. The lowest BCUT2D eigenvalue weighted by Gasteiger charge is -2.11. The molecule has 4 heteroatoms. The van der Waals surface area contributed by atoms with E-state index in [9.17, 15) is 4.79 Å². The number of hydrogen-bond acceptors (Lipinski definition) is 2. The number of anilines is 1. The standard InChI is InChI=1S/C16H24N2OS/c1-3-4-5-6-7-11-17-16(20)18-15-10-8-9-14(12-15)13(2)19/h8-10,12H,3-7,11H2,1-2H3,(H2,17,18,20). The highest BCUT2D eigenvalue weighted by molar-refractivity contribution is 7.80. The summed E-state index contributed by atoms with van der Waals surface area (Å²) in [5.74, 6) is 0.0588. The Kier molecular flexibility index (Phi) is 7.88. The molecular formula is C16H24N2OS. The van der Waals surface area contributed by atoms with Crippen LogP contribution in [0.1, 0.15) is 56.3 Å². The second-order valence-corrected chi connectivity index (χ2v) is 5.34. The second-order valence-electron chi connectivity index (χ2n) is 4.93. The topological polar surface area (TPSA) is 41.1 Å². The molecule has 0 saturated heterocycles. The maximum Gasteiger partial charge on any atom is 0.170 e. The number of benzene rings is 1. The molecule has 0 aromatic heterocycles. The van der Waals surface area contributed by atoms with E-state index in [1.807, 2.05) is 18.2 Å². The quantitative estimate of drug-likeness (QED) is 0.429. The van der Waals surface area contributed by atoms with Crippen LogP contribution < -0.4 is 10.6 Å². The van der Waals surface area contributed by atoms with Crippen molar-refractivity contribution >= 4 is 28.8 Å². The van der Waals surface area contributed by atoms with Gasteiger partial charge in [0.15, 0.2) is 10.9 Å². The summed E-state index contributed by atoms with van der Waals surface area (Å²) in [6, 6.07) is 7.38. The molecular weight excluding hydrogens is 268 g/mol. The molecule has 0 aliphatic heterocycles. The Morgan fingerprint density at radius 1 is 1.20 bits per heavy atom. The molecule has 0 aliphatic carbocycles. The fourth-order valence-corrected chi connectivity index (χ4v) is 2.14. The minimum absolute atomic E-state index is 0.0588.